The maximum atomic E-state index is 12.1. The number of carbonyl (C=O) groups is 1. The van der Waals surface area contributed by atoms with Crippen molar-refractivity contribution in [3.63, 3.8) is 0 Å². The highest BCUT2D eigenvalue weighted by Crippen LogP contribution is 2.37. The summed E-state index contributed by atoms with van der Waals surface area (Å²) in [5.41, 5.74) is 3.29. The van der Waals surface area contributed by atoms with Gasteiger partial charge < -0.3 is 10.1 Å². The summed E-state index contributed by atoms with van der Waals surface area (Å²) in [6.45, 7) is 0. The first kappa shape index (κ1) is 14.0. The molecule has 1 aliphatic carbocycles. The average Bonchev–Trinajstić information content (AvgIpc) is 3.16. The Morgan fingerprint density at radius 3 is 2.84 bits per heavy atom. The number of nitro groups is 1. The first-order chi connectivity index (χ1) is 8.99. The highest BCUT2D eigenvalue weighted by Gasteiger charge is 2.32. The van der Waals surface area contributed by atoms with Crippen molar-refractivity contribution in [2.45, 2.75) is 12.8 Å². The summed E-state index contributed by atoms with van der Waals surface area (Å²) in [5, 5.41) is 14.0. The Labute approximate surface area is 122 Å². The van der Waals surface area contributed by atoms with Crippen LogP contribution in [0.3, 0.4) is 0 Å². The molecule has 0 unspecified atom stereocenters. The summed E-state index contributed by atoms with van der Waals surface area (Å²) < 4.78 is 0.584. The van der Waals surface area contributed by atoms with Crippen LogP contribution < -0.4 is 5.43 Å². The lowest BCUT2D eigenvalue weighted by molar-refractivity contribution is -0.339. The molecule has 100 valence electrons. The van der Waals surface area contributed by atoms with Crippen LogP contribution in [0.4, 0.5) is 5.69 Å². The lowest BCUT2D eigenvalue weighted by Crippen LogP contribution is -2.06. The summed E-state index contributed by atoms with van der Waals surface area (Å²) >= 11 is 9.20. The number of hydrazone groups is 1. The van der Waals surface area contributed by atoms with Gasteiger partial charge in [-0.3, -0.25) is 4.79 Å². The Morgan fingerprint density at radius 1 is 1.58 bits per heavy atom. The van der Waals surface area contributed by atoms with E-state index in [1.807, 2.05) is 0 Å². The van der Waals surface area contributed by atoms with Crippen LogP contribution in [0.5, 0.6) is 0 Å². The number of Topliss-reactive ketones (excluding diaryl/α,β-unsaturated/α-hetero) is 1. The molecule has 1 aliphatic rings. The van der Waals surface area contributed by atoms with Crippen molar-refractivity contribution in [2.75, 3.05) is 5.43 Å². The minimum atomic E-state index is -0.694. The number of nitrogens with one attached hydrogen (secondary N) is 1. The second kappa shape index (κ2) is 5.66. The minimum Gasteiger partial charge on any atom is -0.358 e. The maximum Gasteiger partial charge on any atom is 0.352 e. The van der Waals surface area contributed by atoms with E-state index < -0.39 is 4.92 Å². The van der Waals surface area contributed by atoms with Crippen molar-refractivity contribution in [3.05, 3.63) is 37.3 Å². The molecule has 0 radical (unpaired) electrons. The number of halogens is 2. The van der Waals surface area contributed by atoms with Gasteiger partial charge in [-0.15, -0.1) is 0 Å². The monoisotopic (exact) mass is 345 g/mol. The smallest absolute Gasteiger partial charge is 0.352 e. The summed E-state index contributed by atoms with van der Waals surface area (Å²) in [4.78, 5) is 21.6. The third-order valence-corrected chi connectivity index (χ3v) is 3.81. The van der Waals surface area contributed by atoms with Gasteiger partial charge in [0.2, 0.25) is 0 Å². The number of anilines is 1. The number of nitrogens with zero attached hydrogens (tertiary/aromatic N) is 2. The van der Waals surface area contributed by atoms with Gasteiger partial charge in [-0.2, -0.15) is 5.43 Å². The molecule has 0 atom stereocenters. The van der Waals surface area contributed by atoms with Crippen LogP contribution in [0.25, 0.3) is 0 Å². The van der Waals surface area contributed by atoms with Gasteiger partial charge in [0.15, 0.2) is 5.78 Å². The van der Waals surface area contributed by atoms with Crippen molar-refractivity contribution < 1.29 is 9.72 Å². The van der Waals surface area contributed by atoms with E-state index in [1.54, 1.807) is 6.07 Å². The largest absolute Gasteiger partial charge is 0.358 e. The molecule has 1 aromatic rings. The zero-order chi connectivity index (χ0) is 14.0. The number of rotatable bonds is 5. The zero-order valence-electron chi connectivity index (χ0n) is 9.60. The molecule has 2 rings (SSSR count). The molecule has 1 fully saturated rings. The van der Waals surface area contributed by atoms with E-state index in [-0.39, 0.29) is 11.7 Å². The topological polar surface area (TPSA) is 84.6 Å². The van der Waals surface area contributed by atoms with E-state index in [9.17, 15) is 14.9 Å². The van der Waals surface area contributed by atoms with Crippen molar-refractivity contribution >= 4 is 45.3 Å². The Balaban J connectivity index is 2.30. The van der Waals surface area contributed by atoms with Gasteiger partial charge in [0.05, 0.1) is 10.7 Å². The lowest BCUT2D eigenvalue weighted by atomic mass is 10.1. The molecular formula is C11H9BrClN3O3. The third kappa shape index (κ3) is 3.51. The number of hydrogen-bond acceptors (Lipinski definition) is 5. The summed E-state index contributed by atoms with van der Waals surface area (Å²) in [6.07, 6.45) is 2.25. The van der Waals surface area contributed by atoms with E-state index in [4.69, 9.17) is 11.6 Å². The average molecular weight is 347 g/mol. The molecular weight excluding hydrogens is 337 g/mol. The Bertz CT molecular complexity index is 573. The second-order valence-corrected chi connectivity index (χ2v) is 5.35. The number of ketones is 1. The summed E-state index contributed by atoms with van der Waals surface area (Å²) in [5.74, 6) is 0.00508. The Morgan fingerprint density at radius 2 is 2.26 bits per heavy atom. The Kier molecular flexibility index (Phi) is 4.16. The number of benzene rings is 1. The van der Waals surface area contributed by atoms with E-state index in [0.717, 1.165) is 12.8 Å². The lowest BCUT2D eigenvalue weighted by Gasteiger charge is -2.07. The van der Waals surface area contributed by atoms with E-state index in [2.05, 4.69) is 26.5 Å². The molecule has 0 aromatic heterocycles. The molecule has 1 N–H and O–H groups in total. The predicted octanol–water partition coefficient (Wildman–Crippen LogP) is 3.33. The SMILES string of the molecule is O=C(c1cc(Cl)c(Br)cc1NN=C[N+](=O)[O-])C1CC1. The van der Waals surface area contributed by atoms with Gasteiger partial charge in [-0.25, -0.2) is 0 Å². The Hall–Kier alpha value is -1.47. The number of carbonyl (C=O) groups excluding carboxylic acids is 1. The maximum absolute atomic E-state index is 12.1. The fourth-order valence-electron chi connectivity index (χ4n) is 1.55. The summed E-state index contributed by atoms with van der Waals surface area (Å²) in [7, 11) is 0. The van der Waals surface area contributed by atoms with Crippen molar-refractivity contribution in [1.29, 1.82) is 0 Å². The molecule has 19 heavy (non-hydrogen) atoms. The van der Waals surface area contributed by atoms with Gasteiger partial charge >= 0.3 is 6.34 Å². The predicted molar refractivity (Wildman–Crippen MR) is 75.3 cm³/mol. The molecule has 1 saturated carbocycles. The molecule has 1 aromatic carbocycles. The van der Waals surface area contributed by atoms with Crippen LogP contribution in [-0.2, 0) is 0 Å². The molecule has 0 aliphatic heterocycles. The highest BCUT2D eigenvalue weighted by molar-refractivity contribution is 9.10. The van der Waals surface area contributed by atoms with Gasteiger partial charge in [0.25, 0.3) is 0 Å². The fraction of sp³-hybridized carbons (Fsp3) is 0.273. The van der Waals surface area contributed by atoms with Crippen LogP contribution in [0, 0.1) is 16.0 Å². The van der Waals surface area contributed by atoms with Crippen LogP contribution in [0.1, 0.15) is 23.2 Å². The quantitative estimate of drug-likeness (QED) is 0.291. The molecule has 6 nitrogen and oxygen atoms in total. The number of hydrogen-bond donors (Lipinski definition) is 1. The van der Waals surface area contributed by atoms with Crippen molar-refractivity contribution in [3.8, 4) is 0 Å². The van der Waals surface area contributed by atoms with Crippen LogP contribution in [0.15, 0.2) is 21.7 Å². The summed E-state index contributed by atoms with van der Waals surface area (Å²) in [6, 6.07) is 3.12. The fourth-order valence-corrected chi connectivity index (χ4v) is 2.06. The minimum absolute atomic E-state index is 0.0202. The standard InChI is InChI=1S/C11H9BrClN3O3/c12-8-4-10(15-14-5-16(18)19)7(3-9(8)13)11(17)6-1-2-6/h3-6,15H,1-2H2. The molecule has 0 saturated heterocycles. The van der Waals surface area contributed by atoms with Crippen LogP contribution in [-0.4, -0.2) is 17.0 Å². The van der Waals surface area contributed by atoms with Gasteiger partial charge in [-0.1, -0.05) is 11.6 Å². The van der Waals surface area contributed by atoms with E-state index in [0.29, 0.717) is 27.1 Å². The first-order valence-electron chi connectivity index (χ1n) is 5.45. The molecule has 0 spiro atoms. The zero-order valence-corrected chi connectivity index (χ0v) is 11.9. The van der Waals surface area contributed by atoms with E-state index in [1.165, 1.54) is 6.07 Å². The molecule has 8 heteroatoms. The molecule has 0 bridgehead atoms. The third-order valence-electron chi connectivity index (χ3n) is 2.61. The van der Waals surface area contributed by atoms with Crippen LogP contribution in [0.2, 0.25) is 5.02 Å². The molecule has 0 amide bonds. The van der Waals surface area contributed by atoms with Gasteiger partial charge in [0.1, 0.15) is 0 Å². The van der Waals surface area contributed by atoms with Crippen LogP contribution >= 0.6 is 27.5 Å². The van der Waals surface area contributed by atoms with E-state index >= 15 is 0 Å². The van der Waals surface area contributed by atoms with Crippen molar-refractivity contribution in [2.24, 2.45) is 11.0 Å². The normalized spacial score (nSPS) is 14.6. The van der Waals surface area contributed by atoms with Gasteiger partial charge in [0, 0.05) is 21.1 Å². The highest BCUT2D eigenvalue weighted by atomic mass is 79.9. The van der Waals surface area contributed by atoms with Crippen molar-refractivity contribution in [1.82, 2.24) is 0 Å². The second-order valence-electron chi connectivity index (χ2n) is 4.09. The van der Waals surface area contributed by atoms with Gasteiger partial charge in [-0.05, 0) is 45.8 Å². The molecule has 0 heterocycles. The first-order valence-corrected chi connectivity index (χ1v) is 6.62.